The van der Waals surface area contributed by atoms with Gasteiger partial charge in [-0.2, -0.15) is 5.10 Å². The van der Waals surface area contributed by atoms with Crippen molar-refractivity contribution in [3.63, 3.8) is 0 Å². The Hall–Kier alpha value is -2.18. The minimum absolute atomic E-state index is 0.268. The second-order valence-electron chi connectivity index (χ2n) is 6.83. The van der Waals surface area contributed by atoms with Crippen molar-refractivity contribution in [2.24, 2.45) is 0 Å². The third-order valence-electron chi connectivity index (χ3n) is 4.62. The molecule has 2 atom stereocenters. The molecule has 0 bridgehead atoms. The third kappa shape index (κ3) is 3.75. The Bertz CT molecular complexity index is 727. The van der Waals surface area contributed by atoms with Gasteiger partial charge in [0, 0.05) is 31.3 Å². The van der Waals surface area contributed by atoms with E-state index < -0.39 is 12.1 Å². The summed E-state index contributed by atoms with van der Waals surface area (Å²) in [5.74, 6) is -0.0258. The Morgan fingerprint density at radius 1 is 1.36 bits per heavy atom. The summed E-state index contributed by atoms with van der Waals surface area (Å²) in [6.07, 6.45) is 1.93. The number of aromatic nitrogens is 2. The quantitative estimate of drug-likeness (QED) is 0.842. The van der Waals surface area contributed by atoms with E-state index >= 15 is 0 Å². The molecule has 2 heterocycles. The van der Waals surface area contributed by atoms with E-state index in [2.05, 4.69) is 13.8 Å². The first-order chi connectivity index (χ1) is 12.0. The maximum Gasteiger partial charge on any atom is 0.323 e. The van der Waals surface area contributed by atoms with Crippen molar-refractivity contribution in [3.8, 4) is 5.69 Å². The van der Waals surface area contributed by atoms with Crippen molar-refractivity contribution in [1.82, 2.24) is 14.7 Å². The minimum Gasteiger partial charge on any atom is -0.468 e. The number of hydrogen-bond donors (Lipinski definition) is 1. The Balaban J connectivity index is 1.88. The highest BCUT2D eigenvalue weighted by molar-refractivity contribution is 5.76. The lowest BCUT2D eigenvalue weighted by atomic mass is 10.1. The first-order valence-electron chi connectivity index (χ1n) is 8.63. The van der Waals surface area contributed by atoms with Crippen molar-refractivity contribution in [2.75, 3.05) is 13.7 Å². The van der Waals surface area contributed by atoms with E-state index in [-0.39, 0.29) is 11.9 Å². The fourth-order valence-corrected chi connectivity index (χ4v) is 3.40. The number of nitrogens with zero attached hydrogens (tertiary/aromatic N) is 3. The second kappa shape index (κ2) is 7.37. The number of methoxy groups -OCH3 is 1. The lowest BCUT2D eigenvalue weighted by Gasteiger charge is -2.22. The number of likely N-dealkylation sites (tertiary alicyclic amines) is 1. The molecule has 6 nitrogen and oxygen atoms in total. The van der Waals surface area contributed by atoms with Crippen molar-refractivity contribution in [1.29, 1.82) is 0 Å². The highest BCUT2D eigenvalue weighted by Gasteiger charge is 2.37. The van der Waals surface area contributed by atoms with Crippen LogP contribution in [0.5, 0.6) is 0 Å². The Morgan fingerprint density at radius 3 is 2.72 bits per heavy atom. The maximum absolute atomic E-state index is 12.0. The van der Waals surface area contributed by atoms with Crippen LogP contribution in [0.15, 0.2) is 36.5 Å². The molecule has 3 rings (SSSR count). The molecule has 0 amide bonds. The minimum atomic E-state index is -0.504. The zero-order valence-corrected chi connectivity index (χ0v) is 14.9. The summed E-state index contributed by atoms with van der Waals surface area (Å²) in [5, 5.41) is 14.7. The molecule has 1 aromatic carbocycles. The number of benzene rings is 1. The van der Waals surface area contributed by atoms with Gasteiger partial charge in [-0.05, 0) is 18.1 Å². The maximum atomic E-state index is 12.0. The van der Waals surface area contributed by atoms with Crippen molar-refractivity contribution in [3.05, 3.63) is 47.8 Å². The second-order valence-corrected chi connectivity index (χ2v) is 6.83. The zero-order chi connectivity index (χ0) is 18.0. The van der Waals surface area contributed by atoms with Crippen LogP contribution in [0.2, 0.25) is 0 Å². The van der Waals surface area contributed by atoms with Crippen LogP contribution in [0, 0.1) is 0 Å². The predicted octanol–water partition coefficient (Wildman–Crippen LogP) is 2.10. The molecule has 0 aliphatic carbocycles. The SMILES string of the molecule is COC(=O)[C@@H]1C[C@H](O)CN1Cc1cn(-c2ccccc2)nc1C(C)C. The topological polar surface area (TPSA) is 67.6 Å². The fraction of sp³-hybridized carbons (Fsp3) is 0.474. The van der Waals surface area contributed by atoms with Gasteiger partial charge in [0.05, 0.1) is 24.6 Å². The molecule has 1 fully saturated rings. The lowest BCUT2D eigenvalue weighted by molar-refractivity contribution is -0.146. The van der Waals surface area contributed by atoms with E-state index in [9.17, 15) is 9.90 Å². The smallest absolute Gasteiger partial charge is 0.323 e. The number of ether oxygens (including phenoxy) is 1. The molecule has 6 heteroatoms. The normalized spacial score (nSPS) is 21.0. The van der Waals surface area contributed by atoms with Gasteiger partial charge in [-0.25, -0.2) is 4.68 Å². The van der Waals surface area contributed by atoms with Crippen LogP contribution in [0.4, 0.5) is 0 Å². The monoisotopic (exact) mass is 343 g/mol. The van der Waals surface area contributed by atoms with E-state index in [1.54, 1.807) is 0 Å². The van der Waals surface area contributed by atoms with E-state index in [1.165, 1.54) is 7.11 Å². The van der Waals surface area contributed by atoms with E-state index in [1.807, 2.05) is 46.1 Å². The molecular weight excluding hydrogens is 318 g/mol. The number of carbonyl (C=O) groups is 1. The van der Waals surface area contributed by atoms with Crippen LogP contribution in [-0.2, 0) is 16.1 Å². The molecule has 2 aromatic rings. The van der Waals surface area contributed by atoms with Gasteiger partial charge in [0.25, 0.3) is 0 Å². The highest BCUT2D eigenvalue weighted by Crippen LogP contribution is 2.26. The average molecular weight is 343 g/mol. The molecule has 1 aliphatic rings. The summed E-state index contributed by atoms with van der Waals surface area (Å²) in [7, 11) is 1.39. The van der Waals surface area contributed by atoms with Crippen LogP contribution >= 0.6 is 0 Å². The number of β-amino-alcohol motifs (C(OH)–C–C–N with tert-alkyl or cyclic N) is 1. The molecule has 0 radical (unpaired) electrons. The Morgan fingerprint density at radius 2 is 2.08 bits per heavy atom. The van der Waals surface area contributed by atoms with Crippen molar-refractivity contribution < 1.29 is 14.6 Å². The number of aliphatic hydroxyl groups excluding tert-OH is 1. The summed E-state index contributed by atoms with van der Waals surface area (Å²) in [5.41, 5.74) is 3.08. The molecule has 1 N–H and O–H groups in total. The van der Waals surface area contributed by atoms with Crippen LogP contribution in [-0.4, -0.2) is 51.6 Å². The van der Waals surface area contributed by atoms with Crippen LogP contribution in [0.3, 0.4) is 0 Å². The fourth-order valence-electron chi connectivity index (χ4n) is 3.40. The molecule has 25 heavy (non-hydrogen) atoms. The van der Waals surface area contributed by atoms with Gasteiger partial charge >= 0.3 is 5.97 Å². The van der Waals surface area contributed by atoms with E-state index in [4.69, 9.17) is 9.84 Å². The Labute approximate surface area is 148 Å². The van der Waals surface area contributed by atoms with E-state index in [0.29, 0.717) is 19.5 Å². The molecule has 0 saturated carbocycles. The molecule has 0 spiro atoms. The molecule has 1 aromatic heterocycles. The van der Waals surface area contributed by atoms with Gasteiger partial charge in [-0.1, -0.05) is 32.0 Å². The summed E-state index contributed by atoms with van der Waals surface area (Å²) in [4.78, 5) is 14.0. The number of esters is 1. The summed E-state index contributed by atoms with van der Waals surface area (Å²) in [6.45, 7) is 5.25. The zero-order valence-electron chi connectivity index (χ0n) is 14.9. The van der Waals surface area contributed by atoms with Crippen molar-refractivity contribution >= 4 is 5.97 Å². The average Bonchev–Trinajstić information content (AvgIpc) is 3.19. The van der Waals surface area contributed by atoms with Gasteiger partial charge in [0.1, 0.15) is 6.04 Å². The number of para-hydroxylation sites is 1. The third-order valence-corrected chi connectivity index (χ3v) is 4.62. The molecule has 1 saturated heterocycles. The van der Waals surface area contributed by atoms with Crippen molar-refractivity contribution in [2.45, 2.75) is 44.9 Å². The summed E-state index contributed by atoms with van der Waals surface area (Å²) >= 11 is 0. The van der Waals surface area contributed by atoms with Gasteiger partial charge in [-0.3, -0.25) is 9.69 Å². The number of aliphatic hydroxyl groups is 1. The van der Waals surface area contributed by atoms with Crippen LogP contribution in [0.1, 0.15) is 37.4 Å². The van der Waals surface area contributed by atoms with Gasteiger partial charge in [-0.15, -0.1) is 0 Å². The molecule has 1 aliphatic heterocycles. The first-order valence-corrected chi connectivity index (χ1v) is 8.63. The summed E-state index contributed by atoms with van der Waals surface area (Å²) < 4.78 is 6.77. The standard InChI is InChI=1S/C19H25N3O3/c1-13(2)18-14(11-22(20-18)15-7-5-4-6-8-15)10-21-12-16(23)9-17(21)19(24)25-3/h4-8,11,13,16-17,23H,9-10,12H2,1-3H3/t16-,17-/m0/s1. The van der Waals surface area contributed by atoms with Crippen LogP contribution in [0.25, 0.3) is 5.69 Å². The molecular formula is C19H25N3O3. The largest absolute Gasteiger partial charge is 0.468 e. The lowest BCUT2D eigenvalue weighted by Crippen LogP contribution is -2.36. The first kappa shape index (κ1) is 17.6. The number of rotatable bonds is 5. The molecule has 134 valence electrons. The molecule has 0 unspecified atom stereocenters. The van der Waals surface area contributed by atoms with Crippen LogP contribution < -0.4 is 0 Å². The summed E-state index contributed by atoms with van der Waals surface area (Å²) in [6, 6.07) is 9.56. The predicted molar refractivity (Wildman–Crippen MR) is 94.5 cm³/mol. The Kier molecular flexibility index (Phi) is 5.20. The van der Waals surface area contributed by atoms with Gasteiger partial charge < -0.3 is 9.84 Å². The van der Waals surface area contributed by atoms with Gasteiger partial charge in [0.15, 0.2) is 0 Å². The number of hydrogen-bond acceptors (Lipinski definition) is 5. The van der Waals surface area contributed by atoms with E-state index in [0.717, 1.165) is 16.9 Å². The number of carbonyl (C=O) groups excluding carboxylic acids is 1. The van der Waals surface area contributed by atoms with Gasteiger partial charge in [0.2, 0.25) is 0 Å². The highest BCUT2D eigenvalue weighted by atomic mass is 16.5.